The van der Waals surface area contributed by atoms with Crippen LogP contribution in [0.15, 0.2) is 47.6 Å². The van der Waals surface area contributed by atoms with Crippen molar-refractivity contribution in [3.63, 3.8) is 0 Å². The number of nitrogens with zero attached hydrogens (tertiary/aromatic N) is 5. The van der Waals surface area contributed by atoms with Crippen molar-refractivity contribution in [3.05, 3.63) is 58.6 Å². The second-order valence-electron chi connectivity index (χ2n) is 5.36. The number of carbonyl (C=O) groups is 1. The van der Waals surface area contributed by atoms with E-state index in [0.29, 0.717) is 21.4 Å². The van der Waals surface area contributed by atoms with E-state index in [9.17, 15) is 4.79 Å². The Morgan fingerprint density at radius 1 is 1.35 bits per heavy atom. The normalized spacial score (nSPS) is 10.3. The first-order valence-electron chi connectivity index (χ1n) is 7.54. The van der Waals surface area contributed by atoms with E-state index in [-0.39, 0.29) is 11.7 Å². The molecule has 0 aliphatic rings. The van der Waals surface area contributed by atoms with E-state index in [0.717, 1.165) is 11.3 Å². The molecule has 2 aromatic carbocycles. The number of nitriles is 1. The summed E-state index contributed by atoms with van der Waals surface area (Å²) in [5.74, 6) is -0.0985. The Hall–Kier alpha value is -2.89. The number of tetrazole rings is 1. The van der Waals surface area contributed by atoms with Gasteiger partial charge in [-0.15, -0.1) is 5.10 Å². The predicted octanol–water partition coefficient (Wildman–Crippen LogP) is 3.23. The highest BCUT2D eigenvalue weighted by Crippen LogP contribution is 2.22. The molecule has 1 N–H and O–H groups in total. The summed E-state index contributed by atoms with van der Waals surface area (Å²) in [7, 11) is 0. The van der Waals surface area contributed by atoms with Crippen molar-refractivity contribution < 1.29 is 4.79 Å². The summed E-state index contributed by atoms with van der Waals surface area (Å²) in [4.78, 5) is 12.2. The molecule has 1 heterocycles. The summed E-state index contributed by atoms with van der Waals surface area (Å²) in [5.41, 5.74) is 2.80. The number of carbonyl (C=O) groups excluding carboxylic acids is 1. The average Bonchev–Trinajstić information content (AvgIpc) is 3.09. The molecule has 0 atom stereocenters. The summed E-state index contributed by atoms with van der Waals surface area (Å²) >= 11 is 7.19. The fourth-order valence-corrected chi connectivity index (χ4v) is 3.12. The minimum Gasteiger partial charge on any atom is -0.325 e. The Morgan fingerprint density at radius 2 is 2.19 bits per heavy atom. The van der Waals surface area contributed by atoms with Crippen LogP contribution in [0.5, 0.6) is 0 Å². The molecule has 9 heteroatoms. The van der Waals surface area contributed by atoms with Gasteiger partial charge in [-0.1, -0.05) is 35.5 Å². The predicted molar refractivity (Wildman–Crippen MR) is 99.4 cm³/mol. The average molecular weight is 385 g/mol. The Kier molecular flexibility index (Phi) is 5.51. The number of nitrogens with one attached hydrogen (secondary N) is 1. The molecule has 0 radical (unpaired) electrons. The van der Waals surface area contributed by atoms with Crippen LogP contribution in [0, 0.1) is 18.3 Å². The molecule has 0 fully saturated rings. The quantitative estimate of drug-likeness (QED) is 0.678. The van der Waals surface area contributed by atoms with Gasteiger partial charge in [-0.05, 0) is 53.2 Å². The molecule has 0 saturated carbocycles. The van der Waals surface area contributed by atoms with Crippen molar-refractivity contribution in [1.29, 1.82) is 5.26 Å². The molecule has 0 spiro atoms. The lowest BCUT2D eigenvalue weighted by Crippen LogP contribution is -2.14. The minimum atomic E-state index is -0.227. The topological polar surface area (TPSA) is 96.5 Å². The zero-order valence-corrected chi connectivity index (χ0v) is 15.3. The van der Waals surface area contributed by atoms with Crippen molar-refractivity contribution in [2.45, 2.75) is 12.1 Å². The van der Waals surface area contributed by atoms with E-state index in [2.05, 4.69) is 20.8 Å². The molecular formula is C17H13ClN6OS. The highest BCUT2D eigenvalue weighted by atomic mass is 35.5. The maximum Gasteiger partial charge on any atom is 0.234 e. The van der Waals surface area contributed by atoms with Gasteiger partial charge in [0.2, 0.25) is 11.1 Å². The summed E-state index contributed by atoms with van der Waals surface area (Å²) in [6, 6.07) is 14.5. The third-order valence-corrected chi connectivity index (χ3v) is 4.62. The lowest BCUT2D eigenvalue weighted by atomic mass is 10.2. The number of halogens is 1. The Balaban J connectivity index is 1.65. The molecule has 1 aromatic heterocycles. The standard InChI is InChI=1S/C17H13ClN6OS/c1-11-3-2-4-14(7-11)24-17(21-22-23-24)26-10-16(25)20-13-6-5-12(9-19)15(18)8-13/h2-8H,10H2,1H3,(H,20,25). The van der Waals surface area contributed by atoms with Gasteiger partial charge < -0.3 is 5.32 Å². The molecule has 3 aromatic rings. The van der Waals surface area contributed by atoms with Crippen LogP contribution in [-0.2, 0) is 4.79 Å². The summed E-state index contributed by atoms with van der Waals surface area (Å²) < 4.78 is 1.59. The maximum absolute atomic E-state index is 12.2. The fourth-order valence-electron chi connectivity index (χ4n) is 2.20. The van der Waals surface area contributed by atoms with Crippen molar-refractivity contribution in [3.8, 4) is 11.8 Å². The Labute approximate surface area is 159 Å². The first-order chi connectivity index (χ1) is 12.6. The maximum atomic E-state index is 12.2. The van der Waals surface area contributed by atoms with Gasteiger partial charge in [-0.25, -0.2) is 0 Å². The number of aryl methyl sites for hydroxylation is 1. The minimum absolute atomic E-state index is 0.129. The highest BCUT2D eigenvalue weighted by Gasteiger charge is 2.12. The number of rotatable bonds is 5. The second kappa shape index (κ2) is 7.99. The van der Waals surface area contributed by atoms with Gasteiger partial charge in [0.15, 0.2) is 0 Å². The molecule has 0 unspecified atom stereocenters. The van der Waals surface area contributed by atoms with Crippen molar-refractivity contribution in [2.75, 3.05) is 11.1 Å². The van der Waals surface area contributed by atoms with Gasteiger partial charge in [0.25, 0.3) is 0 Å². The van der Waals surface area contributed by atoms with E-state index in [1.165, 1.54) is 11.8 Å². The van der Waals surface area contributed by atoms with Crippen LogP contribution in [-0.4, -0.2) is 31.9 Å². The van der Waals surface area contributed by atoms with Gasteiger partial charge in [0, 0.05) is 5.69 Å². The lowest BCUT2D eigenvalue weighted by Gasteiger charge is -2.07. The van der Waals surface area contributed by atoms with Crippen LogP contribution in [0.25, 0.3) is 5.69 Å². The molecule has 1 amide bonds. The first kappa shape index (κ1) is 17.9. The van der Waals surface area contributed by atoms with E-state index in [1.807, 2.05) is 37.3 Å². The van der Waals surface area contributed by atoms with Crippen molar-refractivity contribution >= 4 is 35.0 Å². The van der Waals surface area contributed by atoms with E-state index in [1.54, 1.807) is 22.9 Å². The summed E-state index contributed by atoms with van der Waals surface area (Å²) in [6.07, 6.45) is 0. The molecule has 0 aliphatic carbocycles. The molecule has 26 heavy (non-hydrogen) atoms. The number of anilines is 1. The molecular weight excluding hydrogens is 372 g/mol. The van der Waals surface area contributed by atoms with E-state index in [4.69, 9.17) is 16.9 Å². The molecule has 0 bridgehead atoms. The number of thioether (sulfide) groups is 1. The second-order valence-corrected chi connectivity index (χ2v) is 6.71. The number of benzene rings is 2. The van der Waals surface area contributed by atoms with Crippen LogP contribution in [0.1, 0.15) is 11.1 Å². The van der Waals surface area contributed by atoms with Gasteiger partial charge >= 0.3 is 0 Å². The van der Waals surface area contributed by atoms with Crippen LogP contribution in [0.3, 0.4) is 0 Å². The number of hydrogen-bond acceptors (Lipinski definition) is 6. The zero-order chi connectivity index (χ0) is 18.5. The molecule has 0 saturated heterocycles. The number of hydrogen-bond donors (Lipinski definition) is 1. The molecule has 130 valence electrons. The largest absolute Gasteiger partial charge is 0.325 e. The van der Waals surface area contributed by atoms with Crippen molar-refractivity contribution in [1.82, 2.24) is 20.2 Å². The van der Waals surface area contributed by atoms with Crippen LogP contribution in [0.4, 0.5) is 5.69 Å². The Morgan fingerprint density at radius 3 is 2.92 bits per heavy atom. The van der Waals surface area contributed by atoms with Gasteiger partial charge in [-0.2, -0.15) is 9.94 Å². The lowest BCUT2D eigenvalue weighted by molar-refractivity contribution is -0.113. The third kappa shape index (κ3) is 4.20. The summed E-state index contributed by atoms with van der Waals surface area (Å²) in [5, 5.41) is 24.0. The fraction of sp³-hybridized carbons (Fsp3) is 0.118. The zero-order valence-electron chi connectivity index (χ0n) is 13.7. The molecule has 0 aliphatic heterocycles. The smallest absolute Gasteiger partial charge is 0.234 e. The van der Waals surface area contributed by atoms with E-state index < -0.39 is 0 Å². The Bertz CT molecular complexity index is 997. The SMILES string of the molecule is Cc1cccc(-n2nnnc2SCC(=O)Nc2ccc(C#N)c(Cl)c2)c1. The third-order valence-electron chi connectivity index (χ3n) is 3.39. The highest BCUT2D eigenvalue weighted by molar-refractivity contribution is 7.99. The molecule has 3 rings (SSSR count). The van der Waals surface area contributed by atoms with Crippen LogP contribution >= 0.6 is 23.4 Å². The number of amides is 1. The molecule has 7 nitrogen and oxygen atoms in total. The van der Waals surface area contributed by atoms with Gasteiger partial charge in [0.1, 0.15) is 6.07 Å². The van der Waals surface area contributed by atoms with E-state index >= 15 is 0 Å². The van der Waals surface area contributed by atoms with Crippen LogP contribution < -0.4 is 5.32 Å². The monoisotopic (exact) mass is 384 g/mol. The first-order valence-corrected chi connectivity index (χ1v) is 8.91. The van der Waals surface area contributed by atoms with Gasteiger partial charge in [0.05, 0.1) is 22.0 Å². The van der Waals surface area contributed by atoms with Gasteiger partial charge in [-0.3, -0.25) is 4.79 Å². The number of aromatic nitrogens is 4. The van der Waals surface area contributed by atoms with Crippen molar-refractivity contribution in [2.24, 2.45) is 0 Å². The summed E-state index contributed by atoms with van der Waals surface area (Å²) in [6.45, 7) is 1.98. The van der Waals surface area contributed by atoms with Crippen LogP contribution in [0.2, 0.25) is 5.02 Å².